The number of aromatic nitrogens is 4. The Morgan fingerprint density at radius 2 is 2.08 bits per heavy atom. The third kappa shape index (κ3) is 4.16. The molecule has 9 heteroatoms. The molecule has 2 atom stereocenters. The van der Waals surface area contributed by atoms with Gasteiger partial charge < -0.3 is 14.4 Å². The third-order valence-electron chi connectivity index (χ3n) is 4.10. The Morgan fingerprint density at radius 3 is 2.77 bits per heavy atom. The zero-order valence-electron chi connectivity index (χ0n) is 15.4. The van der Waals surface area contributed by atoms with E-state index in [1.807, 2.05) is 43.9 Å². The van der Waals surface area contributed by atoms with E-state index in [0.29, 0.717) is 24.0 Å². The van der Waals surface area contributed by atoms with Crippen LogP contribution in [0.25, 0.3) is 5.69 Å². The molecule has 140 valence electrons. The molecule has 0 aliphatic carbocycles. The molecule has 26 heavy (non-hydrogen) atoms. The summed E-state index contributed by atoms with van der Waals surface area (Å²) in [4.78, 5) is 14.4. The summed E-state index contributed by atoms with van der Waals surface area (Å²) >= 11 is 1.32. The lowest BCUT2D eigenvalue weighted by molar-refractivity contribution is -0.140. The smallest absolute Gasteiger partial charge is 0.233 e. The van der Waals surface area contributed by atoms with Crippen LogP contribution in [0.15, 0.2) is 23.4 Å². The number of carbonyl (C=O) groups excluding carboxylic acids is 1. The number of hydrogen-bond acceptors (Lipinski definition) is 7. The Balaban J connectivity index is 1.72. The molecule has 0 unspecified atom stereocenters. The van der Waals surface area contributed by atoms with E-state index < -0.39 is 0 Å². The molecule has 1 amide bonds. The summed E-state index contributed by atoms with van der Waals surface area (Å²) in [5.41, 5.74) is 1.82. The summed E-state index contributed by atoms with van der Waals surface area (Å²) in [7, 11) is 1.61. The molecule has 1 aromatic heterocycles. The van der Waals surface area contributed by atoms with E-state index in [4.69, 9.17) is 9.47 Å². The van der Waals surface area contributed by atoms with Crippen LogP contribution in [0.2, 0.25) is 0 Å². The van der Waals surface area contributed by atoms with Crippen LogP contribution in [0.5, 0.6) is 5.75 Å². The van der Waals surface area contributed by atoms with E-state index in [2.05, 4.69) is 15.5 Å². The van der Waals surface area contributed by atoms with Gasteiger partial charge in [0.05, 0.1) is 25.1 Å². The van der Waals surface area contributed by atoms with Crippen molar-refractivity contribution < 1.29 is 14.3 Å². The number of tetrazole rings is 1. The zero-order chi connectivity index (χ0) is 18.7. The molecule has 2 heterocycles. The first-order valence-corrected chi connectivity index (χ1v) is 9.46. The summed E-state index contributed by atoms with van der Waals surface area (Å²) in [6.07, 6.45) is 0.101. The minimum atomic E-state index is 0.0505. The van der Waals surface area contributed by atoms with E-state index in [1.165, 1.54) is 11.8 Å². The van der Waals surface area contributed by atoms with Gasteiger partial charge in [0, 0.05) is 13.1 Å². The number of amides is 1. The predicted molar refractivity (Wildman–Crippen MR) is 97.8 cm³/mol. The largest absolute Gasteiger partial charge is 0.494 e. The van der Waals surface area contributed by atoms with Crippen molar-refractivity contribution >= 4 is 17.7 Å². The second-order valence-electron chi connectivity index (χ2n) is 6.39. The van der Waals surface area contributed by atoms with Gasteiger partial charge in [0.15, 0.2) is 0 Å². The fourth-order valence-corrected chi connectivity index (χ4v) is 3.77. The molecular formula is C17H23N5O3S. The molecule has 8 nitrogen and oxygen atoms in total. The number of morpholine rings is 1. The van der Waals surface area contributed by atoms with E-state index in [-0.39, 0.29) is 23.9 Å². The second-order valence-corrected chi connectivity index (χ2v) is 7.34. The van der Waals surface area contributed by atoms with Crippen LogP contribution in [-0.2, 0) is 9.53 Å². The Bertz CT molecular complexity index is 772. The quantitative estimate of drug-likeness (QED) is 0.734. The van der Waals surface area contributed by atoms with Gasteiger partial charge in [0.1, 0.15) is 11.4 Å². The van der Waals surface area contributed by atoms with E-state index >= 15 is 0 Å². The molecule has 0 bridgehead atoms. The minimum absolute atomic E-state index is 0.0505. The lowest BCUT2D eigenvalue weighted by Gasteiger charge is -2.35. The van der Waals surface area contributed by atoms with Gasteiger partial charge in [-0.25, -0.2) is 0 Å². The average Bonchev–Trinajstić information content (AvgIpc) is 3.07. The number of benzene rings is 1. The van der Waals surface area contributed by atoms with E-state index in [0.717, 1.165) is 11.3 Å². The number of aryl methyl sites for hydroxylation is 1. The molecule has 0 spiro atoms. The normalized spacial score (nSPS) is 20.2. The molecule has 0 N–H and O–H groups in total. The van der Waals surface area contributed by atoms with E-state index in [9.17, 15) is 4.79 Å². The number of carbonyl (C=O) groups is 1. The Morgan fingerprint density at radius 1 is 1.35 bits per heavy atom. The van der Waals surface area contributed by atoms with Crippen LogP contribution in [-0.4, -0.2) is 69.2 Å². The maximum absolute atomic E-state index is 12.6. The van der Waals surface area contributed by atoms with Gasteiger partial charge >= 0.3 is 0 Å². The van der Waals surface area contributed by atoms with Crippen LogP contribution in [0.3, 0.4) is 0 Å². The highest BCUT2D eigenvalue weighted by molar-refractivity contribution is 7.99. The van der Waals surface area contributed by atoms with Gasteiger partial charge in [-0.15, -0.1) is 5.10 Å². The van der Waals surface area contributed by atoms with Crippen molar-refractivity contribution in [3.63, 3.8) is 0 Å². The summed E-state index contributed by atoms with van der Waals surface area (Å²) < 4.78 is 12.7. The monoisotopic (exact) mass is 377 g/mol. The molecule has 2 aromatic rings. The van der Waals surface area contributed by atoms with Crippen molar-refractivity contribution in [2.75, 3.05) is 26.0 Å². The van der Waals surface area contributed by atoms with Crippen molar-refractivity contribution in [3.05, 3.63) is 23.8 Å². The molecule has 1 fully saturated rings. The first kappa shape index (κ1) is 18.7. The molecule has 1 aromatic carbocycles. The summed E-state index contributed by atoms with van der Waals surface area (Å²) in [6, 6.07) is 5.79. The maximum atomic E-state index is 12.6. The van der Waals surface area contributed by atoms with Crippen LogP contribution in [0.4, 0.5) is 0 Å². The van der Waals surface area contributed by atoms with Crippen molar-refractivity contribution in [1.82, 2.24) is 25.1 Å². The van der Waals surface area contributed by atoms with Crippen LogP contribution in [0, 0.1) is 6.92 Å². The highest BCUT2D eigenvalue weighted by Gasteiger charge is 2.26. The summed E-state index contributed by atoms with van der Waals surface area (Å²) in [5.74, 6) is 1.00. The SMILES string of the molecule is COc1ccc(C)cc1-n1nnnc1SCC(=O)N1C[C@@H](C)O[C@@H](C)C1. The molecule has 1 aliphatic heterocycles. The van der Waals surface area contributed by atoms with E-state index in [1.54, 1.807) is 11.8 Å². The Labute approximate surface area is 156 Å². The number of thioether (sulfide) groups is 1. The first-order chi connectivity index (χ1) is 12.5. The number of ether oxygens (including phenoxy) is 2. The van der Waals surface area contributed by atoms with Crippen molar-refractivity contribution in [2.45, 2.75) is 38.1 Å². The van der Waals surface area contributed by atoms with Gasteiger partial charge in [0.25, 0.3) is 0 Å². The average molecular weight is 377 g/mol. The molecule has 0 saturated carbocycles. The Kier molecular flexibility index (Phi) is 5.77. The van der Waals surface area contributed by atoms with Crippen LogP contribution >= 0.6 is 11.8 Å². The van der Waals surface area contributed by atoms with Gasteiger partial charge in [-0.1, -0.05) is 17.8 Å². The van der Waals surface area contributed by atoms with Crippen LogP contribution < -0.4 is 4.74 Å². The summed E-state index contributed by atoms with van der Waals surface area (Å²) in [5, 5.41) is 12.4. The topological polar surface area (TPSA) is 82.4 Å². The van der Waals surface area contributed by atoms with Crippen molar-refractivity contribution in [1.29, 1.82) is 0 Å². The number of nitrogens with zero attached hydrogens (tertiary/aromatic N) is 5. The lowest BCUT2D eigenvalue weighted by atomic mass is 10.2. The lowest BCUT2D eigenvalue weighted by Crippen LogP contribution is -2.48. The third-order valence-corrected chi connectivity index (χ3v) is 5.00. The highest BCUT2D eigenvalue weighted by Crippen LogP contribution is 2.27. The number of methoxy groups -OCH3 is 1. The van der Waals surface area contributed by atoms with Gasteiger partial charge in [-0.05, 0) is 48.9 Å². The summed E-state index contributed by atoms with van der Waals surface area (Å²) in [6.45, 7) is 7.17. The molecular weight excluding hydrogens is 354 g/mol. The number of hydrogen-bond donors (Lipinski definition) is 0. The fraction of sp³-hybridized carbons (Fsp3) is 0.529. The minimum Gasteiger partial charge on any atom is -0.494 e. The number of rotatable bonds is 5. The maximum Gasteiger partial charge on any atom is 0.233 e. The molecule has 1 aliphatic rings. The van der Waals surface area contributed by atoms with Gasteiger partial charge in [0.2, 0.25) is 11.1 Å². The molecule has 3 rings (SSSR count). The van der Waals surface area contributed by atoms with Crippen molar-refractivity contribution in [3.8, 4) is 11.4 Å². The predicted octanol–water partition coefficient (Wildman–Crippen LogP) is 1.71. The van der Waals surface area contributed by atoms with Gasteiger partial charge in [-0.3, -0.25) is 4.79 Å². The van der Waals surface area contributed by atoms with Crippen molar-refractivity contribution in [2.24, 2.45) is 0 Å². The first-order valence-electron chi connectivity index (χ1n) is 8.47. The molecule has 1 saturated heterocycles. The standard InChI is InChI=1S/C17H23N5O3S/c1-11-5-6-15(24-4)14(7-11)22-17(18-19-20-22)26-10-16(23)21-8-12(2)25-13(3)9-21/h5-7,12-13H,8-10H2,1-4H3/t12-,13+. The Hall–Kier alpha value is -2.13. The molecule has 0 radical (unpaired) electrons. The zero-order valence-corrected chi connectivity index (χ0v) is 16.2. The highest BCUT2D eigenvalue weighted by atomic mass is 32.2. The second kappa shape index (κ2) is 8.05. The fourth-order valence-electron chi connectivity index (χ4n) is 2.98. The van der Waals surface area contributed by atoms with Gasteiger partial charge in [-0.2, -0.15) is 4.68 Å². The van der Waals surface area contributed by atoms with Crippen LogP contribution in [0.1, 0.15) is 19.4 Å².